The molecule has 7 nitrogen and oxygen atoms in total. The van der Waals surface area contributed by atoms with Crippen LogP contribution in [-0.4, -0.2) is 20.8 Å². The molecule has 2 aromatic rings. The van der Waals surface area contributed by atoms with E-state index >= 15 is 0 Å². The Hall–Kier alpha value is -2.54. The number of anilines is 1. The Labute approximate surface area is 118 Å². The molecule has 0 aliphatic rings. The molecule has 0 saturated carbocycles. The van der Waals surface area contributed by atoms with E-state index < -0.39 is 10.8 Å². The molecule has 0 fully saturated rings. The number of aromatic nitrogens is 2. The summed E-state index contributed by atoms with van der Waals surface area (Å²) in [6.07, 6.45) is 1.27. The Balaban J connectivity index is 2.11. The molecule has 102 valence electrons. The minimum atomic E-state index is -0.524. The van der Waals surface area contributed by atoms with Crippen molar-refractivity contribution < 1.29 is 9.72 Å². The Kier molecular flexibility index (Phi) is 4.21. The number of para-hydroxylation sites is 1. The monoisotopic (exact) mass is 292 g/mol. The molecule has 0 radical (unpaired) electrons. The number of carbonyl (C=O) groups is 1. The molecule has 2 rings (SSSR count). The van der Waals surface area contributed by atoms with Crippen molar-refractivity contribution in [3.63, 3.8) is 0 Å². The lowest BCUT2D eigenvalue weighted by molar-refractivity contribution is -0.385. The number of nitro groups is 1. The topological polar surface area (TPSA) is 98.0 Å². The number of benzene rings is 1. The van der Waals surface area contributed by atoms with E-state index in [-0.39, 0.29) is 23.2 Å². The first-order chi connectivity index (χ1) is 9.56. The molecule has 0 aliphatic carbocycles. The van der Waals surface area contributed by atoms with Crippen molar-refractivity contribution >= 4 is 29.0 Å². The molecule has 8 heteroatoms. The Morgan fingerprint density at radius 2 is 2.10 bits per heavy atom. The van der Waals surface area contributed by atoms with Crippen LogP contribution >= 0.6 is 11.6 Å². The molecule has 1 N–H and O–H groups in total. The summed E-state index contributed by atoms with van der Waals surface area (Å²) in [7, 11) is 0. The van der Waals surface area contributed by atoms with Crippen LogP contribution in [0.3, 0.4) is 0 Å². The van der Waals surface area contributed by atoms with Gasteiger partial charge < -0.3 is 5.32 Å². The summed E-state index contributed by atoms with van der Waals surface area (Å²) < 4.78 is 0. The van der Waals surface area contributed by atoms with Crippen LogP contribution in [-0.2, 0) is 11.2 Å². The number of nitro benzene ring substituents is 1. The second-order valence-electron chi connectivity index (χ2n) is 3.82. The molecule has 0 saturated heterocycles. The summed E-state index contributed by atoms with van der Waals surface area (Å²) in [6, 6.07) is 7.54. The molecular formula is C12H9ClN4O3. The van der Waals surface area contributed by atoms with E-state index in [0.717, 1.165) is 0 Å². The zero-order valence-electron chi connectivity index (χ0n) is 10.1. The summed E-state index contributed by atoms with van der Waals surface area (Å²) in [5.41, 5.74) is 0.235. The Morgan fingerprint density at radius 3 is 2.80 bits per heavy atom. The maximum atomic E-state index is 11.8. The first-order valence-corrected chi connectivity index (χ1v) is 5.95. The van der Waals surface area contributed by atoms with Gasteiger partial charge >= 0.3 is 0 Å². The Bertz CT molecular complexity index is 663. The van der Waals surface area contributed by atoms with Gasteiger partial charge in [0.2, 0.25) is 11.2 Å². The van der Waals surface area contributed by atoms with Crippen molar-refractivity contribution in [3.05, 3.63) is 57.5 Å². The van der Waals surface area contributed by atoms with Crippen molar-refractivity contribution in [2.45, 2.75) is 6.42 Å². The van der Waals surface area contributed by atoms with Crippen molar-refractivity contribution in [1.82, 2.24) is 9.97 Å². The van der Waals surface area contributed by atoms with E-state index in [1.807, 2.05) is 0 Å². The number of nitrogens with zero attached hydrogens (tertiary/aromatic N) is 3. The highest BCUT2D eigenvalue weighted by atomic mass is 35.5. The number of rotatable bonds is 4. The molecule has 0 atom stereocenters. The number of nitrogens with one attached hydrogen (secondary N) is 1. The third kappa shape index (κ3) is 3.48. The maximum Gasteiger partial charge on any atom is 0.273 e. The van der Waals surface area contributed by atoms with Gasteiger partial charge in [0.1, 0.15) is 5.82 Å². The van der Waals surface area contributed by atoms with Crippen LogP contribution in [0.5, 0.6) is 0 Å². The summed E-state index contributed by atoms with van der Waals surface area (Å²) in [5, 5.41) is 13.4. The van der Waals surface area contributed by atoms with Gasteiger partial charge in [0, 0.05) is 17.8 Å². The number of halogens is 1. The minimum absolute atomic E-state index is 0.00786. The van der Waals surface area contributed by atoms with Crippen LogP contribution < -0.4 is 5.32 Å². The summed E-state index contributed by atoms with van der Waals surface area (Å²) in [4.78, 5) is 29.6. The van der Waals surface area contributed by atoms with Crippen LogP contribution in [0.25, 0.3) is 0 Å². The van der Waals surface area contributed by atoms with Gasteiger partial charge in [0.15, 0.2) is 0 Å². The van der Waals surface area contributed by atoms with Crippen molar-refractivity contribution in [2.24, 2.45) is 0 Å². The smallest absolute Gasteiger partial charge is 0.273 e. The highest BCUT2D eigenvalue weighted by Gasteiger charge is 2.15. The highest BCUT2D eigenvalue weighted by Crippen LogP contribution is 2.18. The highest BCUT2D eigenvalue weighted by molar-refractivity contribution is 6.28. The molecule has 1 amide bonds. The summed E-state index contributed by atoms with van der Waals surface area (Å²) >= 11 is 5.59. The lowest BCUT2D eigenvalue weighted by Crippen LogP contribution is -2.16. The fourth-order valence-corrected chi connectivity index (χ4v) is 1.75. The second-order valence-corrected chi connectivity index (χ2v) is 4.16. The zero-order chi connectivity index (χ0) is 14.5. The van der Waals surface area contributed by atoms with E-state index in [1.165, 1.54) is 24.4 Å². The van der Waals surface area contributed by atoms with Gasteiger partial charge in [-0.25, -0.2) is 9.97 Å². The van der Waals surface area contributed by atoms with Gasteiger partial charge in [0.25, 0.3) is 5.69 Å². The van der Waals surface area contributed by atoms with Gasteiger partial charge in [-0.1, -0.05) is 18.2 Å². The average Bonchev–Trinajstić information content (AvgIpc) is 2.38. The van der Waals surface area contributed by atoms with E-state index in [2.05, 4.69) is 15.3 Å². The van der Waals surface area contributed by atoms with Crippen molar-refractivity contribution in [3.8, 4) is 0 Å². The van der Waals surface area contributed by atoms with Gasteiger partial charge in [-0.05, 0) is 17.7 Å². The number of amides is 1. The summed E-state index contributed by atoms with van der Waals surface area (Å²) in [5.74, 6) is -0.178. The predicted molar refractivity (Wildman–Crippen MR) is 72.5 cm³/mol. The normalized spacial score (nSPS) is 10.1. The first-order valence-electron chi connectivity index (χ1n) is 5.57. The molecule has 0 spiro atoms. The molecular weight excluding hydrogens is 284 g/mol. The SMILES string of the molecule is O=C(Cc1ccccc1[N+](=O)[O-])Nc1ccnc(Cl)n1. The molecule has 1 heterocycles. The molecule has 0 unspecified atom stereocenters. The molecule has 0 bridgehead atoms. The third-order valence-electron chi connectivity index (χ3n) is 2.43. The van der Waals surface area contributed by atoms with Crippen molar-refractivity contribution in [2.75, 3.05) is 5.32 Å². The Morgan fingerprint density at radius 1 is 1.35 bits per heavy atom. The predicted octanol–water partition coefficient (Wildman–Crippen LogP) is 2.22. The van der Waals surface area contributed by atoms with Gasteiger partial charge in [-0.2, -0.15) is 0 Å². The van der Waals surface area contributed by atoms with E-state index in [4.69, 9.17) is 11.6 Å². The minimum Gasteiger partial charge on any atom is -0.310 e. The van der Waals surface area contributed by atoms with E-state index in [1.54, 1.807) is 12.1 Å². The van der Waals surface area contributed by atoms with Crippen LogP contribution in [0, 0.1) is 10.1 Å². The van der Waals surface area contributed by atoms with Gasteiger partial charge in [-0.15, -0.1) is 0 Å². The quantitative estimate of drug-likeness (QED) is 0.529. The fourth-order valence-electron chi connectivity index (χ4n) is 1.60. The van der Waals surface area contributed by atoms with Crippen LogP contribution in [0.1, 0.15) is 5.56 Å². The number of carbonyl (C=O) groups excluding carboxylic acids is 1. The summed E-state index contributed by atoms with van der Waals surface area (Å²) in [6.45, 7) is 0. The van der Waals surface area contributed by atoms with Gasteiger partial charge in [0.05, 0.1) is 11.3 Å². The third-order valence-corrected chi connectivity index (χ3v) is 2.62. The van der Waals surface area contributed by atoms with Crippen LogP contribution in [0.15, 0.2) is 36.5 Å². The molecule has 0 aliphatic heterocycles. The standard InChI is InChI=1S/C12H9ClN4O3/c13-12-14-6-5-10(16-12)15-11(18)7-8-3-1-2-4-9(8)17(19)20/h1-6H,7H2,(H,14,15,16,18). The second kappa shape index (κ2) is 6.07. The average molecular weight is 293 g/mol. The number of hydrogen-bond donors (Lipinski definition) is 1. The number of hydrogen-bond acceptors (Lipinski definition) is 5. The molecule has 1 aromatic heterocycles. The molecule has 20 heavy (non-hydrogen) atoms. The van der Waals surface area contributed by atoms with E-state index in [0.29, 0.717) is 5.56 Å². The maximum absolute atomic E-state index is 11.8. The van der Waals surface area contributed by atoms with Crippen LogP contribution in [0.4, 0.5) is 11.5 Å². The largest absolute Gasteiger partial charge is 0.310 e. The first kappa shape index (κ1) is 13.9. The fraction of sp³-hybridized carbons (Fsp3) is 0.0833. The van der Waals surface area contributed by atoms with Crippen LogP contribution in [0.2, 0.25) is 5.28 Å². The molecule has 1 aromatic carbocycles. The van der Waals surface area contributed by atoms with Gasteiger partial charge in [-0.3, -0.25) is 14.9 Å². The zero-order valence-corrected chi connectivity index (χ0v) is 10.9. The lowest BCUT2D eigenvalue weighted by Gasteiger charge is -2.05. The van der Waals surface area contributed by atoms with E-state index in [9.17, 15) is 14.9 Å². The van der Waals surface area contributed by atoms with Crippen molar-refractivity contribution in [1.29, 1.82) is 0 Å². The lowest BCUT2D eigenvalue weighted by atomic mass is 10.1.